The fourth-order valence-electron chi connectivity index (χ4n) is 2.92. The Morgan fingerprint density at radius 3 is 2.58 bits per heavy atom. The molecular formula is C24H19N3O6. The van der Waals surface area contributed by atoms with Crippen LogP contribution < -0.4 is 14.8 Å². The van der Waals surface area contributed by atoms with Crippen LogP contribution in [0.5, 0.6) is 17.2 Å². The molecule has 33 heavy (non-hydrogen) atoms. The van der Waals surface area contributed by atoms with Gasteiger partial charge in [-0.25, -0.2) is 0 Å². The molecule has 2 N–H and O–H groups in total. The molecule has 3 aromatic rings. The van der Waals surface area contributed by atoms with E-state index in [0.717, 1.165) is 17.7 Å². The average Bonchev–Trinajstić information content (AvgIpc) is 2.83. The Morgan fingerprint density at radius 2 is 1.94 bits per heavy atom. The number of para-hydroxylation sites is 1. The first-order valence-corrected chi connectivity index (χ1v) is 9.67. The summed E-state index contributed by atoms with van der Waals surface area (Å²) < 4.78 is 11.3. The van der Waals surface area contributed by atoms with Gasteiger partial charge >= 0.3 is 0 Å². The first-order valence-electron chi connectivity index (χ1n) is 9.67. The van der Waals surface area contributed by atoms with E-state index in [4.69, 9.17) is 9.47 Å². The van der Waals surface area contributed by atoms with Gasteiger partial charge in [0, 0.05) is 11.6 Å². The fraction of sp³-hybridized carbons (Fsp3) is 0.0833. The van der Waals surface area contributed by atoms with Crippen LogP contribution in [0.4, 0.5) is 11.4 Å². The maximum Gasteiger partial charge on any atom is 0.273 e. The number of anilines is 1. The third kappa shape index (κ3) is 5.65. The lowest BCUT2D eigenvalue weighted by Crippen LogP contribution is -2.13. The summed E-state index contributed by atoms with van der Waals surface area (Å²) in [6.45, 7) is 0.243. The van der Waals surface area contributed by atoms with Crippen LogP contribution in [0, 0.1) is 21.4 Å². The molecule has 1 amide bonds. The molecule has 0 aliphatic carbocycles. The molecule has 0 aromatic heterocycles. The van der Waals surface area contributed by atoms with Gasteiger partial charge in [-0.05, 0) is 23.8 Å². The minimum atomic E-state index is -0.807. The van der Waals surface area contributed by atoms with Crippen molar-refractivity contribution in [1.29, 1.82) is 5.26 Å². The van der Waals surface area contributed by atoms with Crippen molar-refractivity contribution in [3.8, 4) is 23.3 Å². The van der Waals surface area contributed by atoms with Crippen LogP contribution in [0.1, 0.15) is 11.1 Å². The molecule has 3 aromatic carbocycles. The molecule has 3 rings (SSSR count). The van der Waals surface area contributed by atoms with Crippen molar-refractivity contribution in [3.05, 3.63) is 93.5 Å². The highest BCUT2D eigenvalue weighted by molar-refractivity contribution is 6.10. The lowest BCUT2D eigenvalue weighted by Gasteiger charge is -2.14. The molecule has 0 aliphatic heterocycles. The van der Waals surface area contributed by atoms with Gasteiger partial charge in [0.25, 0.3) is 11.6 Å². The largest absolute Gasteiger partial charge is 0.506 e. The van der Waals surface area contributed by atoms with Gasteiger partial charge in [0.1, 0.15) is 24.0 Å². The summed E-state index contributed by atoms with van der Waals surface area (Å²) in [5, 5.41) is 32.7. The van der Waals surface area contributed by atoms with Crippen molar-refractivity contribution in [2.75, 3.05) is 12.4 Å². The van der Waals surface area contributed by atoms with Crippen molar-refractivity contribution < 1.29 is 24.3 Å². The number of aromatic hydroxyl groups is 1. The van der Waals surface area contributed by atoms with Crippen molar-refractivity contribution in [2.24, 2.45) is 0 Å². The van der Waals surface area contributed by atoms with E-state index in [0.29, 0.717) is 17.1 Å². The van der Waals surface area contributed by atoms with Crippen LogP contribution in [-0.4, -0.2) is 23.0 Å². The van der Waals surface area contributed by atoms with E-state index in [1.807, 2.05) is 36.4 Å². The molecule has 0 fully saturated rings. The van der Waals surface area contributed by atoms with Gasteiger partial charge in [-0.15, -0.1) is 0 Å². The Morgan fingerprint density at radius 1 is 1.18 bits per heavy atom. The summed E-state index contributed by atoms with van der Waals surface area (Å²) in [6.07, 6.45) is 1.33. The maximum atomic E-state index is 12.6. The van der Waals surface area contributed by atoms with Crippen LogP contribution in [0.15, 0.2) is 72.3 Å². The molecule has 166 valence electrons. The topological polar surface area (TPSA) is 135 Å². The standard InChI is InChI=1S/C24H19N3O6/c1-32-22-9-5-8-17(23(22)33-15-16-6-3-2-4-7-16)12-18(14-25)24(29)26-20-11-10-19(27(30)31)13-21(20)28/h2-13,28H,15H2,1H3,(H,26,29)/b18-12-. The molecule has 0 saturated heterocycles. The van der Waals surface area contributed by atoms with Crippen LogP contribution in [0.3, 0.4) is 0 Å². The predicted octanol–water partition coefficient (Wildman–Crippen LogP) is 4.43. The summed E-state index contributed by atoms with van der Waals surface area (Å²) in [5.41, 5.74) is 0.678. The zero-order valence-corrected chi connectivity index (χ0v) is 17.5. The molecule has 9 nitrogen and oxygen atoms in total. The van der Waals surface area contributed by atoms with E-state index in [1.165, 1.54) is 19.3 Å². The summed E-state index contributed by atoms with van der Waals surface area (Å²) >= 11 is 0. The summed E-state index contributed by atoms with van der Waals surface area (Å²) in [7, 11) is 1.48. The highest BCUT2D eigenvalue weighted by Crippen LogP contribution is 2.34. The molecule has 0 bridgehead atoms. The predicted molar refractivity (Wildman–Crippen MR) is 121 cm³/mol. The molecule has 0 spiro atoms. The third-order valence-corrected chi connectivity index (χ3v) is 4.56. The minimum absolute atomic E-state index is 0.0713. The SMILES string of the molecule is COc1cccc(/C=C(/C#N)C(=O)Nc2ccc([N+](=O)[O-])cc2O)c1OCc1ccccc1. The number of non-ortho nitro benzene ring substituents is 1. The molecule has 0 radical (unpaired) electrons. The Balaban J connectivity index is 1.87. The monoisotopic (exact) mass is 445 g/mol. The second-order valence-electron chi connectivity index (χ2n) is 6.74. The second kappa shape index (κ2) is 10.5. The quantitative estimate of drug-likeness (QED) is 0.172. The van der Waals surface area contributed by atoms with Crippen LogP contribution in [0.25, 0.3) is 6.08 Å². The highest BCUT2D eigenvalue weighted by Gasteiger charge is 2.17. The van der Waals surface area contributed by atoms with Gasteiger partial charge in [0.15, 0.2) is 11.5 Å². The number of carbonyl (C=O) groups is 1. The van der Waals surface area contributed by atoms with E-state index < -0.39 is 16.6 Å². The second-order valence-corrected chi connectivity index (χ2v) is 6.74. The summed E-state index contributed by atoms with van der Waals surface area (Å²) in [5.74, 6) is -0.533. The molecule has 0 atom stereocenters. The number of hydrogen-bond acceptors (Lipinski definition) is 7. The smallest absolute Gasteiger partial charge is 0.273 e. The summed E-state index contributed by atoms with van der Waals surface area (Å²) in [4.78, 5) is 22.8. The molecule has 9 heteroatoms. The molecule has 0 saturated carbocycles. The molecule has 0 unspecified atom stereocenters. The number of phenolic OH excluding ortho intramolecular Hbond substituents is 1. The molecular weight excluding hydrogens is 426 g/mol. The molecule has 0 heterocycles. The number of methoxy groups -OCH3 is 1. The number of nitrogens with zero attached hydrogens (tertiary/aromatic N) is 2. The zero-order chi connectivity index (χ0) is 23.8. The number of rotatable bonds is 8. The zero-order valence-electron chi connectivity index (χ0n) is 17.5. The van der Waals surface area contributed by atoms with E-state index in [9.17, 15) is 25.3 Å². The van der Waals surface area contributed by atoms with Gasteiger partial charge in [0.05, 0.1) is 23.8 Å². The number of nitro groups is 1. The number of ether oxygens (including phenoxy) is 2. The number of nitriles is 1. The Bertz CT molecular complexity index is 1250. The van der Waals surface area contributed by atoms with Crippen molar-refractivity contribution >= 4 is 23.4 Å². The van der Waals surface area contributed by atoms with E-state index >= 15 is 0 Å². The highest BCUT2D eigenvalue weighted by atomic mass is 16.6. The number of phenols is 1. The maximum absolute atomic E-state index is 12.6. The lowest BCUT2D eigenvalue weighted by atomic mass is 10.1. The van der Waals surface area contributed by atoms with Gasteiger partial charge in [-0.3, -0.25) is 14.9 Å². The first-order chi connectivity index (χ1) is 15.9. The van der Waals surface area contributed by atoms with Crippen LogP contribution >= 0.6 is 0 Å². The number of amides is 1. The Kier molecular flexibility index (Phi) is 7.24. The van der Waals surface area contributed by atoms with Gasteiger partial charge in [-0.1, -0.05) is 42.5 Å². The van der Waals surface area contributed by atoms with Crippen molar-refractivity contribution in [1.82, 2.24) is 0 Å². The van der Waals surface area contributed by atoms with Gasteiger partial charge < -0.3 is 19.9 Å². The van der Waals surface area contributed by atoms with E-state index in [2.05, 4.69) is 5.32 Å². The first kappa shape index (κ1) is 22.8. The van der Waals surface area contributed by atoms with Crippen LogP contribution in [-0.2, 0) is 11.4 Å². The molecule has 0 aliphatic rings. The number of carbonyl (C=O) groups excluding carboxylic acids is 1. The van der Waals surface area contributed by atoms with E-state index in [1.54, 1.807) is 18.2 Å². The Labute approximate surface area is 189 Å². The normalized spacial score (nSPS) is 10.7. The summed E-state index contributed by atoms with van der Waals surface area (Å²) in [6, 6.07) is 19.5. The third-order valence-electron chi connectivity index (χ3n) is 4.56. The number of hydrogen-bond donors (Lipinski definition) is 2. The Hall–Kier alpha value is -4.84. The average molecular weight is 445 g/mol. The van der Waals surface area contributed by atoms with E-state index in [-0.39, 0.29) is 23.6 Å². The minimum Gasteiger partial charge on any atom is -0.506 e. The number of nitrogens with one attached hydrogen (secondary N) is 1. The number of benzene rings is 3. The fourth-order valence-corrected chi connectivity index (χ4v) is 2.92. The van der Waals surface area contributed by atoms with Crippen molar-refractivity contribution in [3.63, 3.8) is 0 Å². The van der Waals surface area contributed by atoms with Crippen molar-refractivity contribution in [2.45, 2.75) is 6.61 Å². The van der Waals surface area contributed by atoms with Gasteiger partial charge in [-0.2, -0.15) is 5.26 Å². The van der Waals surface area contributed by atoms with Crippen LogP contribution in [0.2, 0.25) is 0 Å². The lowest BCUT2D eigenvalue weighted by molar-refractivity contribution is -0.384. The number of nitro benzene ring substituents is 1. The van der Waals surface area contributed by atoms with Gasteiger partial charge in [0.2, 0.25) is 0 Å².